The fourth-order valence-electron chi connectivity index (χ4n) is 3.30. The molecule has 0 saturated carbocycles. The van der Waals surface area contributed by atoms with E-state index in [2.05, 4.69) is 17.1 Å². The smallest absolute Gasteiger partial charge is 0.160 e. The maximum Gasteiger partial charge on any atom is 0.160 e. The molecule has 0 fully saturated rings. The number of rotatable bonds is 5. The van der Waals surface area contributed by atoms with Gasteiger partial charge in [-0.1, -0.05) is 30.3 Å². The minimum Gasteiger partial charge on any atom is -0.504 e. The van der Waals surface area contributed by atoms with Gasteiger partial charge in [-0.05, 0) is 41.0 Å². The summed E-state index contributed by atoms with van der Waals surface area (Å²) in [6.45, 7) is 0.478. The highest BCUT2D eigenvalue weighted by atomic mass is 16.5. The molecule has 0 bridgehead atoms. The standard InChI is InChI=1S/C22H20N2O3/c1-26-20-9-8-15(11-19(20)25)12-23-13-16-14-24-22(21-7-4-10-27-21)18-6-3-2-5-17(16)18/h2-11,13-14,16,22,25H,12H2,1H3. The highest BCUT2D eigenvalue weighted by molar-refractivity contribution is 5.92. The molecule has 136 valence electrons. The molecule has 1 N–H and O–H groups in total. The molecule has 2 unspecified atom stereocenters. The molecule has 2 atom stereocenters. The van der Waals surface area contributed by atoms with E-state index < -0.39 is 0 Å². The number of methoxy groups -OCH3 is 1. The van der Waals surface area contributed by atoms with Crippen molar-refractivity contribution in [3.05, 3.63) is 83.3 Å². The van der Waals surface area contributed by atoms with Crippen LogP contribution in [0.25, 0.3) is 0 Å². The number of fused-ring (bicyclic) bond motifs is 1. The van der Waals surface area contributed by atoms with Crippen molar-refractivity contribution in [1.82, 2.24) is 0 Å². The summed E-state index contributed by atoms with van der Waals surface area (Å²) in [5, 5.41) is 9.88. The van der Waals surface area contributed by atoms with E-state index in [1.165, 1.54) is 12.7 Å². The molecule has 2 heterocycles. The Labute approximate surface area is 157 Å². The van der Waals surface area contributed by atoms with E-state index in [0.29, 0.717) is 12.3 Å². The number of aliphatic imine (C=N–C) groups is 2. The van der Waals surface area contributed by atoms with Crippen LogP contribution in [0.2, 0.25) is 0 Å². The monoisotopic (exact) mass is 360 g/mol. The molecule has 5 heteroatoms. The second kappa shape index (κ2) is 7.50. The Hall–Kier alpha value is -3.34. The third-order valence-electron chi connectivity index (χ3n) is 4.64. The van der Waals surface area contributed by atoms with E-state index in [-0.39, 0.29) is 17.7 Å². The van der Waals surface area contributed by atoms with Gasteiger partial charge in [0.15, 0.2) is 11.5 Å². The fourth-order valence-corrected chi connectivity index (χ4v) is 3.30. The van der Waals surface area contributed by atoms with E-state index in [4.69, 9.17) is 14.1 Å². The largest absolute Gasteiger partial charge is 0.504 e. The molecule has 0 spiro atoms. The molecular weight excluding hydrogens is 340 g/mol. The van der Waals surface area contributed by atoms with Gasteiger partial charge >= 0.3 is 0 Å². The van der Waals surface area contributed by atoms with Crippen molar-refractivity contribution < 1.29 is 14.3 Å². The third kappa shape index (κ3) is 3.49. The minimum atomic E-state index is -0.112. The molecule has 1 aliphatic rings. The summed E-state index contributed by atoms with van der Waals surface area (Å²) in [5.74, 6) is 1.43. The van der Waals surface area contributed by atoms with Gasteiger partial charge in [-0.15, -0.1) is 0 Å². The molecular formula is C22H20N2O3. The highest BCUT2D eigenvalue weighted by Crippen LogP contribution is 2.35. The summed E-state index contributed by atoms with van der Waals surface area (Å²) < 4.78 is 10.6. The number of benzene rings is 2. The van der Waals surface area contributed by atoms with Crippen LogP contribution in [-0.2, 0) is 6.54 Å². The second-order valence-corrected chi connectivity index (χ2v) is 6.37. The zero-order valence-corrected chi connectivity index (χ0v) is 14.9. The molecule has 0 amide bonds. The average Bonchev–Trinajstić information content (AvgIpc) is 3.23. The summed E-state index contributed by atoms with van der Waals surface area (Å²) in [7, 11) is 1.53. The van der Waals surface area contributed by atoms with Crippen LogP contribution in [0, 0.1) is 0 Å². The van der Waals surface area contributed by atoms with Crippen LogP contribution >= 0.6 is 0 Å². The maximum absolute atomic E-state index is 9.88. The van der Waals surface area contributed by atoms with Crippen molar-refractivity contribution in [3.63, 3.8) is 0 Å². The molecule has 0 radical (unpaired) electrons. The van der Waals surface area contributed by atoms with Crippen LogP contribution in [0.4, 0.5) is 0 Å². The predicted molar refractivity (Wildman–Crippen MR) is 105 cm³/mol. The summed E-state index contributed by atoms with van der Waals surface area (Å²) in [4.78, 5) is 9.25. The SMILES string of the molecule is COc1ccc(CN=CC2C=NC(c3ccco3)c3ccccc32)cc1O. The molecule has 1 aliphatic heterocycles. The lowest BCUT2D eigenvalue weighted by molar-refractivity contribution is 0.373. The van der Waals surface area contributed by atoms with Crippen LogP contribution < -0.4 is 4.74 Å². The number of hydrogen-bond donors (Lipinski definition) is 1. The van der Waals surface area contributed by atoms with Crippen LogP contribution in [0.15, 0.2) is 75.3 Å². The number of aromatic hydroxyl groups is 1. The van der Waals surface area contributed by atoms with Gasteiger partial charge in [0.2, 0.25) is 0 Å². The zero-order chi connectivity index (χ0) is 18.6. The second-order valence-electron chi connectivity index (χ2n) is 6.37. The Morgan fingerprint density at radius 1 is 1.15 bits per heavy atom. The molecule has 4 rings (SSSR count). The Kier molecular flexibility index (Phi) is 4.75. The fraction of sp³-hybridized carbons (Fsp3) is 0.182. The highest BCUT2D eigenvalue weighted by Gasteiger charge is 2.25. The molecule has 2 aromatic carbocycles. The Balaban J connectivity index is 1.54. The average molecular weight is 360 g/mol. The number of hydrogen-bond acceptors (Lipinski definition) is 5. The number of nitrogens with zero attached hydrogens (tertiary/aromatic N) is 2. The van der Waals surface area contributed by atoms with Gasteiger partial charge in [0.1, 0.15) is 11.8 Å². The minimum absolute atomic E-state index is 0.0132. The van der Waals surface area contributed by atoms with Gasteiger partial charge in [-0.2, -0.15) is 0 Å². The predicted octanol–water partition coefficient (Wildman–Crippen LogP) is 4.52. The van der Waals surface area contributed by atoms with E-state index in [1.54, 1.807) is 18.4 Å². The van der Waals surface area contributed by atoms with Gasteiger partial charge in [-0.3, -0.25) is 9.98 Å². The summed E-state index contributed by atoms with van der Waals surface area (Å²) >= 11 is 0. The lowest BCUT2D eigenvalue weighted by atomic mass is 9.88. The Bertz CT molecular complexity index is 977. The van der Waals surface area contributed by atoms with Crippen molar-refractivity contribution in [3.8, 4) is 11.5 Å². The zero-order valence-electron chi connectivity index (χ0n) is 14.9. The van der Waals surface area contributed by atoms with Crippen molar-refractivity contribution >= 4 is 12.4 Å². The van der Waals surface area contributed by atoms with E-state index in [9.17, 15) is 5.11 Å². The summed E-state index contributed by atoms with van der Waals surface area (Å²) in [6.07, 6.45) is 5.50. The third-order valence-corrected chi connectivity index (χ3v) is 4.64. The molecule has 1 aromatic heterocycles. The van der Waals surface area contributed by atoms with E-state index in [1.807, 2.05) is 42.8 Å². The van der Waals surface area contributed by atoms with E-state index in [0.717, 1.165) is 16.9 Å². The topological polar surface area (TPSA) is 67.3 Å². The molecule has 5 nitrogen and oxygen atoms in total. The van der Waals surface area contributed by atoms with Gasteiger partial charge in [0.05, 0.1) is 25.8 Å². The van der Waals surface area contributed by atoms with Crippen LogP contribution in [-0.4, -0.2) is 24.6 Å². The van der Waals surface area contributed by atoms with Gasteiger partial charge in [0, 0.05) is 12.4 Å². The first-order valence-corrected chi connectivity index (χ1v) is 8.77. The lowest BCUT2D eigenvalue weighted by Crippen LogP contribution is -2.14. The van der Waals surface area contributed by atoms with Crippen LogP contribution in [0.1, 0.15) is 34.4 Å². The number of ether oxygens (including phenoxy) is 1. The van der Waals surface area contributed by atoms with Crippen molar-refractivity contribution in [2.45, 2.75) is 18.5 Å². The Morgan fingerprint density at radius 3 is 2.74 bits per heavy atom. The van der Waals surface area contributed by atoms with Crippen molar-refractivity contribution in [2.75, 3.05) is 7.11 Å². The van der Waals surface area contributed by atoms with Gasteiger partial charge in [-0.25, -0.2) is 0 Å². The first-order chi connectivity index (χ1) is 13.3. The van der Waals surface area contributed by atoms with E-state index >= 15 is 0 Å². The molecule has 3 aromatic rings. The Morgan fingerprint density at radius 2 is 2.00 bits per heavy atom. The first kappa shape index (κ1) is 17.1. The molecule has 27 heavy (non-hydrogen) atoms. The first-order valence-electron chi connectivity index (χ1n) is 8.77. The summed E-state index contributed by atoms with van der Waals surface area (Å²) in [5.41, 5.74) is 3.22. The number of phenols is 1. The van der Waals surface area contributed by atoms with Crippen LogP contribution in [0.3, 0.4) is 0 Å². The number of furan rings is 1. The normalized spacial score (nSPS) is 18.6. The quantitative estimate of drug-likeness (QED) is 0.680. The van der Waals surface area contributed by atoms with Crippen molar-refractivity contribution in [1.29, 1.82) is 0 Å². The lowest BCUT2D eigenvalue weighted by Gasteiger charge is -2.22. The number of phenolic OH excluding ortho intramolecular Hbond substituents is 1. The molecule has 0 saturated heterocycles. The van der Waals surface area contributed by atoms with Crippen molar-refractivity contribution in [2.24, 2.45) is 9.98 Å². The molecule has 0 aliphatic carbocycles. The van der Waals surface area contributed by atoms with Crippen LogP contribution in [0.5, 0.6) is 11.5 Å². The van der Waals surface area contributed by atoms with Gasteiger partial charge in [0.25, 0.3) is 0 Å². The maximum atomic E-state index is 9.88. The summed E-state index contributed by atoms with van der Waals surface area (Å²) in [6, 6.07) is 17.3. The van der Waals surface area contributed by atoms with Gasteiger partial charge < -0.3 is 14.3 Å².